The van der Waals surface area contributed by atoms with Crippen LogP contribution in [0.1, 0.15) is 25.7 Å². The second-order valence-electron chi connectivity index (χ2n) is 4.66. The number of nitrogens with one attached hydrogen (secondary N) is 1. The molecule has 0 radical (unpaired) electrons. The molecule has 1 aliphatic rings. The summed E-state index contributed by atoms with van der Waals surface area (Å²) in [6.07, 6.45) is 3.63. The van der Waals surface area contributed by atoms with Crippen LogP contribution in [-0.2, 0) is 0 Å². The van der Waals surface area contributed by atoms with Gasteiger partial charge in [-0.1, -0.05) is 36.7 Å². The van der Waals surface area contributed by atoms with Crippen LogP contribution in [0.4, 0.5) is 14.5 Å². The van der Waals surface area contributed by atoms with E-state index in [0.29, 0.717) is 28.9 Å². The summed E-state index contributed by atoms with van der Waals surface area (Å²) in [7, 11) is 0. The first-order valence-corrected chi connectivity index (χ1v) is 6.97. The van der Waals surface area contributed by atoms with Crippen molar-refractivity contribution in [2.45, 2.75) is 41.9 Å². The van der Waals surface area contributed by atoms with Gasteiger partial charge in [-0.3, -0.25) is 0 Å². The molecule has 1 aromatic rings. The van der Waals surface area contributed by atoms with Crippen LogP contribution in [0.15, 0.2) is 29.2 Å². The van der Waals surface area contributed by atoms with Crippen LogP contribution in [0.2, 0.25) is 0 Å². The minimum atomic E-state index is -2.43. The molecule has 100 valence electrons. The fourth-order valence-electron chi connectivity index (χ4n) is 2.28. The van der Waals surface area contributed by atoms with Crippen molar-refractivity contribution in [2.24, 2.45) is 0 Å². The maximum absolute atomic E-state index is 12.4. The molecule has 0 spiro atoms. The molecule has 5 heteroatoms. The molecule has 0 saturated heterocycles. The number of hydrogen-bond acceptors (Lipinski definition) is 3. The molecule has 0 bridgehead atoms. The fraction of sp³-hybridized carbons (Fsp3) is 0.538. The number of thioether (sulfide) groups is 1. The Bertz CT molecular complexity index is 394. The van der Waals surface area contributed by atoms with E-state index >= 15 is 0 Å². The normalized spacial score (nSPS) is 18.2. The lowest BCUT2D eigenvalue weighted by Gasteiger charge is -2.23. The molecule has 18 heavy (non-hydrogen) atoms. The van der Waals surface area contributed by atoms with Crippen molar-refractivity contribution in [1.29, 1.82) is 0 Å². The Morgan fingerprint density at radius 1 is 1.28 bits per heavy atom. The summed E-state index contributed by atoms with van der Waals surface area (Å²) < 4.78 is 24.8. The van der Waals surface area contributed by atoms with Gasteiger partial charge in [0, 0.05) is 17.1 Å². The van der Waals surface area contributed by atoms with Gasteiger partial charge < -0.3 is 10.4 Å². The average molecular weight is 273 g/mol. The number of rotatable bonds is 5. The molecule has 0 unspecified atom stereocenters. The summed E-state index contributed by atoms with van der Waals surface area (Å²) in [5, 5.41) is 13.3. The summed E-state index contributed by atoms with van der Waals surface area (Å²) in [6.45, 7) is 0.424. The van der Waals surface area contributed by atoms with E-state index in [1.54, 1.807) is 24.3 Å². The lowest BCUT2D eigenvalue weighted by molar-refractivity contribution is 0.0614. The average Bonchev–Trinajstić information content (AvgIpc) is 2.75. The van der Waals surface area contributed by atoms with E-state index in [0.717, 1.165) is 25.7 Å². The highest BCUT2D eigenvalue weighted by Gasteiger charge is 2.30. The highest BCUT2D eigenvalue weighted by Crippen LogP contribution is 2.34. The Kier molecular flexibility index (Phi) is 4.45. The molecular formula is C13H17F2NOS. The predicted molar refractivity (Wildman–Crippen MR) is 70.2 cm³/mol. The maximum Gasteiger partial charge on any atom is 0.288 e. The number of para-hydroxylation sites is 1. The SMILES string of the molecule is OC1(CNc2ccccc2SC(F)F)CCCC1. The number of aliphatic hydroxyl groups is 1. The largest absolute Gasteiger partial charge is 0.388 e. The standard InChI is InChI=1S/C13H17F2NOS/c14-12(15)18-11-6-2-1-5-10(11)16-9-13(17)7-3-4-8-13/h1-2,5-6,12,16-17H,3-4,7-9H2. The Morgan fingerprint density at radius 3 is 2.61 bits per heavy atom. The predicted octanol–water partition coefficient (Wildman–Crippen LogP) is 3.72. The van der Waals surface area contributed by atoms with Gasteiger partial charge in [-0.15, -0.1) is 0 Å². The Balaban J connectivity index is 2.00. The van der Waals surface area contributed by atoms with Crippen LogP contribution < -0.4 is 5.32 Å². The molecule has 1 aliphatic carbocycles. The molecule has 2 nitrogen and oxygen atoms in total. The van der Waals surface area contributed by atoms with Gasteiger partial charge in [0.2, 0.25) is 0 Å². The summed E-state index contributed by atoms with van der Waals surface area (Å²) in [5.74, 6) is -2.43. The van der Waals surface area contributed by atoms with Crippen LogP contribution in [0.25, 0.3) is 0 Å². The Labute approximate surface area is 110 Å². The summed E-state index contributed by atoms with van der Waals surface area (Å²) in [5.41, 5.74) is -0.00841. The molecule has 0 aromatic heterocycles. The van der Waals surface area contributed by atoms with Crippen molar-refractivity contribution < 1.29 is 13.9 Å². The van der Waals surface area contributed by atoms with E-state index in [9.17, 15) is 13.9 Å². The van der Waals surface area contributed by atoms with Crippen LogP contribution in [0.3, 0.4) is 0 Å². The topological polar surface area (TPSA) is 32.3 Å². The summed E-state index contributed by atoms with van der Waals surface area (Å²) in [6, 6.07) is 6.97. The van der Waals surface area contributed by atoms with Crippen LogP contribution in [0.5, 0.6) is 0 Å². The number of anilines is 1. The summed E-state index contributed by atoms with van der Waals surface area (Å²) >= 11 is 0.529. The molecular weight excluding hydrogens is 256 g/mol. The zero-order valence-electron chi connectivity index (χ0n) is 10.0. The third kappa shape index (κ3) is 3.59. The minimum absolute atomic E-state index is 0.424. The van der Waals surface area contributed by atoms with Crippen molar-refractivity contribution in [3.05, 3.63) is 24.3 Å². The highest BCUT2D eigenvalue weighted by molar-refractivity contribution is 7.99. The molecule has 0 amide bonds. The van der Waals surface area contributed by atoms with Gasteiger partial charge in [0.25, 0.3) is 5.76 Å². The van der Waals surface area contributed by atoms with Gasteiger partial charge in [-0.2, -0.15) is 8.78 Å². The lowest BCUT2D eigenvalue weighted by Crippen LogP contribution is -2.33. The Hall–Kier alpha value is -0.810. The smallest absolute Gasteiger partial charge is 0.288 e. The quantitative estimate of drug-likeness (QED) is 0.802. The van der Waals surface area contributed by atoms with E-state index in [-0.39, 0.29) is 0 Å². The van der Waals surface area contributed by atoms with E-state index in [2.05, 4.69) is 5.32 Å². The van der Waals surface area contributed by atoms with Crippen molar-refractivity contribution >= 4 is 17.4 Å². The first-order valence-electron chi connectivity index (χ1n) is 6.09. The van der Waals surface area contributed by atoms with Crippen molar-refractivity contribution in [3.63, 3.8) is 0 Å². The first kappa shape index (κ1) is 13.6. The zero-order valence-corrected chi connectivity index (χ0v) is 10.9. The minimum Gasteiger partial charge on any atom is -0.388 e. The van der Waals surface area contributed by atoms with Crippen molar-refractivity contribution in [2.75, 3.05) is 11.9 Å². The molecule has 0 aliphatic heterocycles. The first-order chi connectivity index (χ1) is 8.59. The second kappa shape index (κ2) is 5.89. The third-order valence-corrected chi connectivity index (χ3v) is 4.03. The molecule has 1 saturated carbocycles. The van der Waals surface area contributed by atoms with E-state index in [1.165, 1.54) is 0 Å². The number of alkyl halides is 2. The summed E-state index contributed by atoms with van der Waals surface area (Å²) in [4.78, 5) is 0.522. The molecule has 1 aromatic carbocycles. The number of hydrogen-bond donors (Lipinski definition) is 2. The van der Waals surface area contributed by atoms with Crippen molar-refractivity contribution in [1.82, 2.24) is 0 Å². The third-order valence-electron chi connectivity index (χ3n) is 3.25. The van der Waals surface area contributed by atoms with Gasteiger partial charge >= 0.3 is 0 Å². The van der Waals surface area contributed by atoms with E-state index in [1.807, 2.05) is 0 Å². The lowest BCUT2D eigenvalue weighted by atomic mass is 10.0. The molecule has 0 atom stereocenters. The molecule has 0 heterocycles. The fourth-order valence-corrected chi connectivity index (χ4v) is 2.90. The van der Waals surface area contributed by atoms with Gasteiger partial charge in [-0.25, -0.2) is 0 Å². The van der Waals surface area contributed by atoms with Gasteiger partial charge in [0.05, 0.1) is 5.60 Å². The van der Waals surface area contributed by atoms with Crippen LogP contribution in [0, 0.1) is 0 Å². The maximum atomic E-state index is 12.4. The zero-order chi connectivity index (χ0) is 13.0. The molecule has 1 fully saturated rings. The number of benzene rings is 1. The number of halogens is 2. The van der Waals surface area contributed by atoms with Crippen LogP contribution in [-0.4, -0.2) is 23.0 Å². The Morgan fingerprint density at radius 2 is 1.94 bits per heavy atom. The highest BCUT2D eigenvalue weighted by atomic mass is 32.2. The molecule has 2 rings (SSSR count). The molecule has 2 N–H and O–H groups in total. The van der Waals surface area contributed by atoms with E-state index < -0.39 is 11.4 Å². The second-order valence-corrected chi connectivity index (χ2v) is 5.69. The van der Waals surface area contributed by atoms with Gasteiger partial charge in [0.1, 0.15) is 0 Å². The van der Waals surface area contributed by atoms with Gasteiger partial charge in [0.15, 0.2) is 0 Å². The van der Waals surface area contributed by atoms with Gasteiger partial charge in [-0.05, 0) is 25.0 Å². The van der Waals surface area contributed by atoms with Crippen LogP contribution >= 0.6 is 11.8 Å². The van der Waals surface area contributed by atoms with E-state index in [4.69, 9.17) is 0 Å². The van der Waals surface area contributed by atoms with Crippen molar-refractivity contribution in [3.8, 4) is 0 Å². The monoisotopic (exact) mass is 273 g/mol.